The van der Waals surface area contributed by atoms with E-state index in [1.54, 1.807) is 4.68 Å². The summed E-state index contributed by atoms with van der Waals surface area (Å²) < 4.78 is 1.70. The highest BCUT2D eigenvalue weighted by atomic mass is 16.2. The van der Waals surface area contributed by atoms with E-state index >= 15 is 0 Å². The molecule has 0 bridgehead atoms. The maximum atomic E-state index is 12.1. The van der Waals surface area contributed by atoms with Crippen LogP contribution in [-0.4, -0.2) is 27.8 Å². The molecule has 16 heavy (non-hydrogen) atoms. The summed E-state index contributed by atoms with van der Waals surface area (Å²) in [6.45, 7) is 4.75. The van der Waals surface area contributed by atoms with Gasteiger partial charge in [-0.05, 0) is 33.2 Å². The van der Waals surface area contributed by atoms with Crippen molar-refractivity contribution in [3.8, 4) is 0 Å². The molecule has 1 fully saturated rings. The Morgan fingerprint density at radius 2 is 2.44 bits per heavy atom. The van der Waals surface area contributed by atoms with E-state index in [0.29, 0.717) is 0 Å². The average molecular weight is 222 g/mol. The molecule has 1 unspecified atom stereocenters. The Hall–Kier alpha value is -1.36. The molecule has 5 nitrogen and oxygen atoms in total. The van der Waals surface area contributed by atoms with Crippen LogP contribution in [0, 0.1) is 6.92 Å². The molecule has 0 spiro atoms. The van der Waals surface area contributed by atoms with E-state index in [2.05, 4.69) is 15.7 Å². The van der Waals surface area contributed by atoms with Gasteiger partial charge in [-0.3, -0.25) is 9.48 Å². The first-order chi connectivity index (χ1) is 7.51. The van der Waals surface area contributed by atoms with E-state index in [1.807, 2.05) is 27.1 Å². The zero-order valence-electron chi connectivity index (χ0n) is 10.0. The van der Waals surface area contributed by atoms with Crippen LogP contribution in [0.5, 0.6) is 0 Å². The van der Waals surface area contributed by atoms with Gasteiger partial charge in [0.15, 0.2) is 0 Å². The fourth-order valence-electron chi connectivity index (χ4n) is 2.07. The minimum atomic E-state index is -0.428. The van der Waals surface area contributed by atoms with Crippen molar-refractivity contribution in [2.75, 3.05) is 11.9 Å². The maximum absolute atomic E-state index is 12.1. The van der Waals surface area contributed by atoms with E-state index in [4.69, 9.17) is 0 Å². The number of rotatable bonds is 2. The molecule has 88 valence electrons. The molecule has 0 saturated carbocycles. The van der Waals surface area contributed by atoms with Crippen molar-refractivity contribution in [1.29, 1.82) is 0 Å². The quantitative estimate of drug-likeness (QED) is 0.778. The number of hydrogen-bond donors (Lipinski definition) is 2. The normalized spacial score (nSPS) is 24.7. The molecule has 1 atom stereocenters. The third kappa shape index (κ3) is 1.95. The summed E-state index contributed by atoms with van der Waals surface area (Å²) in [5.41, 5.74) is 1.21. The first-order valence-electron chi connectivity index (χ1n) is 5.58. The lowest BCUT2D eigenvalue weighted by atomic mass is 9.99. The van der Waals surface area contributed by atoms with E-state index in [9.17, 15) is 4.79 Å². The number of hydrogen-bond acceptors (Lipinski definition) is 3. The lowest BCUT2D eigenvalue weighted by Gasteiger charge is -2.22. The van der Waals surface area contributed by atoms with E-state index in [0.717, 1.165) is 30.8 Å². The molecule has 0 aromatic carbocycles. The van der Waals surface area contributed by atoms with Gasteiger partial charge in [-0.15, -0.1) is 0 Å². The second kappa shape index (κ2) is 3.90. The van der Waals surface area contributed by atoms with Crippen LogP contribution < -0.4 is 10.6 Å². The highest BCUT2D eigenvalue weighted by Gasteiger charge is 2.36. The predicted octanol–water partition coefficient (Wildman–Crippen LogP) is 0.809. The number of anilines is 1. The van der Waals surface area contributed by atoms with Gasteiger partial charge in [0, 0.05) is 13.2 Å². The lowest BCUT2D eigenvalue weighted by molar-refractivity contribution is -0.121. The third-order valence-corrected chi connectivity index (χ3v) is 3.13. The lowest BCUT2D eigenvalue weighted by Crippen LogP contribution is -2.48. The molecule has 2 N–H and O–H groups in total. The van der Waals surface area contributed by atoms with Crippen LogP contribution >= 0.6 is 0 Å². The summed E-state index contributed by atoms with van der Waals surface area (Å²) >= 11 is 0. The zero-order chi connectivity index (χ0) is 11.8. The number of amides is 1. The standard InChI is InChI=1S/C11H18N4O/c1-8-9(7-15(3)14-8)13-10(16)11(2)5-4-6-12-11/h7,12H,4-6H2,1-3H3,(H,13,16). The number of nitrogens with one attached hydrogen (secondary N) is 2. The fourth-order valence-corrected chi connectivity index (χ4v) is 2.07. The Morgan fingerprint density at radius 3 is 2.94 bits per heavy atom. The molecule has 1 saturated heterocycles. The van der Waals surface area contributed by atoms with Gasteiger partial charge in [0.2, 0.25) is 5.91 Å². The zero-order valence-corrected chi connectivity index (χ0v) is 10.0. The van der Waals surface area contributed by atoms with Crippen molar-refractivity contribution in [3.63, 3.8) is 0 Å². The van der Waals surface area contributed by atoms with Gasteiger partial charge in [-0.1, -0.05) is 0 Å². The molecule has 2 heterocycles. The molecule has 1 aromatic rings. The Labute approximate surface area is 95.2 Å². The summed E-state index contributed by atoms with van der Waals surface area (Å²) in [5.74, 6) is 0.0288. The first kappa shape index (κ1) is 11.1. The Bertz CT molecular complexity index is 404. The molecule has 1 aromatic heterocycles. The molecular weight excluding hydrogens is 204 g/mol. The van der Waals surface area contributed by atoms with Crippen LogP contribution in [-0.2, 0) is 11.8 Å². The number of carbonyl (C=O) groups excluding carboxylic acids is 1. The number of aryl methyl sites for hydroxylation is 2. The van der Waals surface area contributed by atoms with Crippen LogP contribution in [0.15, 0.2) is 6.20 Å². The van der Waals surface area contributed by atoms with Gasteiger partial charge in [0.05, 0.1) is 16.9 Å². The third-order valence-electron chi connectivity index (χ3n) is 3.13. The molecule has 5 heteroatoms. The van der Waals surface area contributed by atoms with Gasteiger partial charge in [0.25, 0.3) is 0 Å². The Kier molecular flexibility index (Phi) is 2.71. The summed E-state index contributed by atoms with van der Waals surface area (Å²) in [4.78, 5) is 12.1. The molecule has 2 rings (SSSR count). The minimum absolute atomic E-state index is 0.0288. The van der Waals surface area contributed by atoms with E-state index in [1.165, 1.54) is 0 Å². The molecule has 0 radical (unpaired) electrons. The van der Waals surface area contributed by atoms with Gasteiger partial charge in [0.1, 0.15) is 0 Å². The molecule has 1 aliphatic rings. The second-order valence-electron chi connectivity index (χ2n) is 4.62. The van der Waals surface area contributed by atoms with Gasteiger partial charge in [-0.2, -0.15) is 5.10 Å². The summed E-state index contributed by atoms with van der Waals surface area (Å²) in [6.07, 6.45) is 3.76. The Balaban J connectivity index is 2.10. The maximum Gasteiger partial charge on any atom is 0.244 e. The fraction of sp³-hybridized carbons (Fsp3) is 0.636. The highest BCUT2D eigenvalue weighted by molar-refractivity contribution is 5.98. The summed E-state index contributed by atoms with van der Waals surface area (Å²) in [7, 11) is 1.85. The number of aromatic nitrogens is 2. The second-order valence-corrected chi connectivity index (χ2v) is 4.62. The predicted molar refractivity (Wildman–Crippen MR) is 62.2 cm³/mol. The smallest absolute Gasteiger partial charge is 0.244 e. The van der Waals surface area contributed by atoms with Crippen LogP contribution in [0.25, 0.3) is 0 Å². The molecule has 1 amide bonds. The van der Waals surface area contributed by atoms with E-state index in [-0.39, 0.29) is 5.91 Å². The SMILES string of the molecule is Cc1nn(C)cc1NC(=O)C1(C)CCCN1. The molecule has 1 aliphatic heterocycles. The van der Waals surface area contributed by atoms with Crippen molar-refractivity contribution < 1.29 is 4.79 Å². The molecular formula is C11H18N4O. The van der Waals surface area contributed by atoms with Gasteiger partial charge in [-0.25, -0.2) is 0 Å². The van der Waals surface area contributed by atoms with Crippen molar-refractivity contribution in [3.05, 3.63) is 11.9 Å². The topological polar surface area (TPSA) is 59.0 Å². The Morgan fingerprint density at radius 1 is 1.69 bits per heavy atom. The van der Waals surface area contributed by atoms with Crippen LogP contribution in [0.4, 0.5) is 5.69 Å². The largest absolute Gasteiger partial charge is 0.322 e. The number of nitrogens with zero attached hydrogens (tertiary/aromatic N) is 2. The molecule has 0 aliphatic carbocycles. The van der Waals surface area contributed by atoms with Crippen LogP contribution in [0.1, 0.15) is 25.5 Å². The van der Waals surface area contributed by atoms with Gasteiger partial charge < -0.3 is 10.6 Å². The average Bonchev–Trinajstić information content (AvgIpc) is 2.75. The summed E-state index contributed by atoms with van der Waals surface area (Å²) in [5, 5.41) is 10.4. The first-order valence-corrected chi connectivity index (χ1v) is 5.58. The van der Waals surface area contributed by atoms with Crippen LogP contribution in [0.3, 0.4) is 0 Å². The van der Waals surface area contributed by atoms with Gasteiger partial charge >= 0.3 is 0 Å². The highest BCUT2D eigenvalue weighted by Crippen LogP contribution is 2.21. The van der Waals surface area contributed by atoms with Crippen molar-refractivity contribution in [1.82, 2.24) is 15.1 Å². The monoisotopic (exact) mass is 222 g/mol. The van der Waals surface area contributed by atoms with Crippen molar-refractivity contribution in [2.45, 2.75) is 32.2 Å². The number of carbonyl (C=O) groups is 1. The van der Waals surface area contributed by atoms with E-state index < -0.39 is 5.54 Å². The van der Waals surface area contributed by atoms with Crippen molar-refractivity contribution in [2.24, 2.45) is 7.05 Å². The summed E-state index contributed by atoms with van der Waals surface area (Å²) in [6, 6.07) is 0. The van der Waals surface area contributed by atoms with Crippen LogP contribution in [0.2, 0.25) is 0 Å². The van der Waals surface area contributed by atoms with Crippen molar-refractivity contribution >= 4 is 11.6 Å². The minimum Gasteiger partial charge on any atom is -0.322 e.